The van der Waals surface area contributed by atoms with Crippen molar-refractivity contribution in [2.24, 2.45) is 11.7 Å². The lowest BCUT2D eigenvalue weighted by atomic mass is 10.0. The number of amides is 2. The second-order valence-electron chi connectivity index (χ2n) is 8.16. The Bertz CT molecular complexity index is 642. The van der Waals surface area contributed by atoms with E-state index in [1.54, 1.807) is 6.92 Å². The number of carbonyl (C=O) groups is 2. The number of hydrogen-bond acceptors (Lipinski definition) is 5. The van der Waals surface area contributed by atoms with Gasteiger partial charge in [0.15, 0.2) is 0 Å². The van der Waals surface area contributed by atoms with E-state index in [1.807, 2.05) is 29.2 Å². The van der Waals surface area contributed by atoms with Crippen molar-refractivity contribution < 1.29 is 14.3 Å². The van der Waals surface area contributed by atoms with Gasteiger partial charge in [0.1, 0.15) is 5.75 Å². The average Bonchev–Trinajstić information content (AvgIpc) is 3.22. The van der Waals surface area contributed by atoms with Crippen LogP contribution in [-0.4, -0.2) is 68.0 Å². The monoisotopic (exact) mass is 404 g/mol. The molecule has 0 saturated carbocycles. The van der Waals surface area contributed by atoms with Crippen LogP contribution in [0.3, 0.4) is 0 Å². The fourth-order valence-electron chi connectivity index (χ4n) is 3.41. The van der Waals surface area contributed by atoms with Crippen molar-refractivity contribution in [1.82, 2.24) is 15.1 Å². The van der Waals surface area contributed by atoms with E-state index in [1.165, 1.54) is 0 Å². The van der Waals surface area contributed by atoms with Crippen LogP contribution in [0, 0.1) is 5.92 Å². The van der Waals surface area contributed by atoms with Crippen LogP contribution in [0.5, 0.6) is 5.75 Å². The first-order valence-electron chi connectivity index (χ1n) is 10.5. The number of nitrogens with one attached hydrogen (secondary N) is 1. The van der Waals surface area contributed by atoms with Gasteiger partial charge in [-0.15, -0.1) is 0 Å². The molecule has 1 aliphatic heterocycles. The molecule has 0 unspecified atom stereocenters. The number of primary amides is 1. The standard InChI is InChI=1S/C22H36N4O3/c1-17(22(23)28)5-10-21(27)26(19-11-12-24-15-19)16-18-6-8-20(9-7-18)29-14-4-13-25(2)3/h6-9,17,19,24H,4-5,10-16H2,1-3H3,(H2,23,28)/t17-,19-/m0/s1. The molecule has 0 bridgehead atoms. The molecule has 0 spiro atoms. The molecule has 2 rings (SSSR count). The van der Waals surface area contributed by atoms with Crippen molar-refractivity contribution in [2.75, 3.05) is 40.3 Å². The smallest absolute Gasteiger partial charge is 0.223 e. The minimum absolute atomic E-state index is 0.0795. The molecule has 29 heavy (non-hydrogen) atoms. The third-order valence-corrected chi connectivity index (χ3v) is 5.37. The highest BCUT2D eigenvalue weighted by molar-refractivity contribution is 5.79. The quantitative estimate of drug-likeness (QED) is 0.517. The summed E-state index contributed by atoms with van der Waals surface area (Å²) in [6.45, 7) is 5.76. The molecule has 1 fully saturated rings. The molecule has 0 aromatic heterocycles. The van der Waals surface area contributed by atoms with Gasteiger partial charge in [0.05, 0.1) is 6.61 Å². The molecule has 1 aliphatic rings. The van der Waals surface area contributed by atoms with Crippen molar-refractivity contribution >= 4 is 11.8 Å². The molecule has 1 heterocycles. The maximum absolute atomic E-state index is 12.9. The highest BCUT2D eigenvalue weighted by Gasteiger charge is 2.27. The third-order valence-electron chi connectivity index (χ3n) is 5.37. The molecule has 3 N–H and O–H groups in total. The number of benzene rings is 1. The minimum atomic E-state index is -0.354. The van der Waals surface area contributed by atoms with E-state index in [-0.39, 0.29) is 23.8 Å². The maximum atomic E-state index is 12.9. The number of nitrogens with zero attached hydrogens (tertiary/aromatic N) is 2. The summed E-state index contributed by atoms with van der Waals surface area (Å²) in [7, 11) is 4.10. The molecule has 1 saturated heterocycles. The largest absolute Gasteiger partial charge is 0.494 e. The van der Waals surface area contributed by atoms with Crippen molar-refractivity contribution in [3.8, 4) is 5.75 Å². The van der Waals surface area contributed by atoms with Gasteiger partial charge in [-0.2, -0.15) is 0 Å². The van der Waals surface area contributed by atoms with E-state index >= 15 is 0 Å². The second-order valence-corrected chi connectivity index (χ2v) is 8.16. The number of carbonyl (C=O) groups excluding carboxylic acids is 2. The van der Waals surface area contributed by atoms with E-state index in [4.69, 9.17) is 10.5 Å². The summed E-state index contributed by atoms with van der Waals surface area (Å²) in [5.74, 6) is 0.290. The number of hydrogen-bond donors (Lipinski definition) is 2. The lowest BCUT2D eigenvalue weighted by Crippen LogP contribution is -2.41. The summed E-state index contributed by atoms with van der Waals surface area (Å²) < 4.78 is 5.79. The zero-order valence-corrected chi connectivity index (χ0v) is 18.0. The Kier molecular flexibility index (Phi) is 9.41. The molecule has 2 atom stereocenters. The van der Waals surface area contributed by atoms with Crippen LogP contribution in [0.15, 0.2) is 24.3 Å². The number of nitrogens with two attached hydrogens (primary N) is 1. The molecule has 0 radical (unpaired) electrons. The summed E-state index contributed by atoms with van der Waals surface area (Å²) in [5, 5.41) is 3.33. The molecular weight excluding hydrogens is 368 g/mol. The summed E-state index contributed by atoms with van der Waals surface area (Å²) in [4.78, 5) is 28.2. The van der Waals surface area contributed by atoms with Gasteiger partial charge >= 0.3 is 0 Å². The van der Waals surface area contributed by atoms with Crippen LogP contribution in [0.4, 0.5) is 0 Å². The predicted molar refractivity (Wildman–Crippen MR) is 115 cm³/mol. The summed E-state index contributed by atoms with van der Waals surface area (Å²) in [6.07, 6.45) is 2.76. The average molecular weight is 405 g/mol. The van der Waals surface area contributed by atoms with E-state index in [9.17, 15) is 9.59 Å². The minimum Gasteiger partial charge on any atom is -0.494 e. The fraction of sp³-hybridized carbons (Fsp3) is 0.636. The van der Waals surface area contributed by atoms with Crippen LogP contribution in [0.1, 0.15) is 38.2 Å². The van der Waals surface area contributed by atoms with Gasteiger partial charge in [-0.25, -0.2) is 0 Å². The molecule has 1 aromatic carbocycles. The molecule has 7 nitrogen and oxygen atoms in total. The summed E-state index contributed by atoms with van der Waals surface area (Å²) in [5.41, 5.74) is 6.41. The van der Waals surface area contributed by atoms with E-state index in [0.29, 0.717) is 26.0 Å². The number of rotatable bonds is 12. The first kappa shape index (κ1) is 23.2. The van der Waals surface area contributed by atoms with Crippen LogP contribution in [0.25, 0.3) is 0 Å². The zero-order valence-electron chi connectivity index (χ0n) is 18.0. The Labute approximate surface area is 174 Å². The molecule has 1 aromatic rings. The predicted octanol–water partition coefficient (Wildman–Crippen LogP) is 1.61. The van der Waals surface area contributed by atoms with Gasteiger partial charge in [0.25, 0.3) is 0 Å². The van der Waals surface area contributed by atoms with E-state index in [0.717, 1.165) is 43.8 Å². The Morgan fingerprint density at radius 3 is 2.59 bits per heavy atom. The molecule has 7 heteroatoms. The van der Waals surface area contributed by atoms with Crippen LogP contribution in [0.2, 0.25) is 0 Å². The fourth-order valence-corrected chi connectivity index (χ4v) is 3.41. The summed E-state index contributed by atoms with van der Waals surface area (Å²) >= 11 is 0. The molecule has 162 valence electrons. The topological polar surface area (TPSA) is 87.9 Å². The normalized spacial score (nSPS) is 17.3. The first-order chi connectivity index (χ1) is 13.9. The molecule has 2 amide bonds. The maximum Gasteiger partial charge on any atom is 0.223 e. The van der Waals surface area contributed by atoms with Crippen molar-refractivity contribution in [3.63, 3.8) is 0 Å². The van der Waals surface area contributed by atoms with Crippen molar-refractivity contribution in [1.29, 1.82) is 0 Å². The van der Waals surface area contributed by atoms with Gasteiger partial charge < -0.3 is 25.6 Å². The lowest BCUT2D eigenvalue weighted by molar-refractivity contribution is -0.134. The molecule has 0 aliphatic carbocycles. The van der Waals surface area contributed by atoms with Crippen molar-refractivity contribution in [2.45, 2.75) is 45.2 Å². The third kappa shape index (κ3) is 8.03. The van der Waals surface area contributed by atoms with Gasteiger partial charge in [-0.05, 0) is 57.6 Å². The van der Waals surface area contributed by atoms with Gasteiger partial charge in [0.2, 0.25) is 11.8 Å². The Morgan fingerprint density at radius 2 is 2.00 bits per heavy atom. The summed E-state index contributed by atoms with van der Waals surface area (Å²) in [6, 6.07) is 8.17. The highest BCUT2D eigenvalue weighted by atomic mass is 16.5. The van der Waals surface area contributed by atoms with Gasteiger partial charge in [-0.1, -0.05) is 19.1 Å². The Morgan fingerprint density at radius 1 is 1.28 bits per heavy atom. The Balaban J connectivity index is 1.92. The van der Waals surface area contributed by atoms with E-state index in [2.05, 4.69) is 24.3 Å². The van der Waals surface area contributed by atoms with Crippen molar-refractivity contribution in [3.05, 3.63) is 29.8 Å². The lowest BCUT2D eigenvalue weighted by Gasteiger charge is -2.29. The SMILES string of the molecule is C[C@@H](CCC(=O)N(Cc1ccc(OCCCN(C)C)cc1)[C@H]1CCNC1)C(N)=O. The van der Waals surface area contributed by atoms with Crippen LogP contribution in [-0.2, 0) is 16.1 Å². The van der Waals surface area contributed by atoms with Gasteiger partial charge in [0, 0.05) is 38.0 Å². The second kappa shape index (κ2) is 11.8. The van der Waals surface area contributed by atoms with Gasteiger partial charge in [-0.3, -0.25) is 9.59 Å². The van der Waals surface area contributed by atoms with E-state index < -0.39 is 0 Å². The zero-order chi connectivity index (χ0) is 21.2. The number of ether oxygens (including phenoxy) is 1. The highest BCUT2D eigenvalue weighted by Crippen LogP contribution is 2.19. The Hall–Kier alpha value is -2.12. The van der Waals surface area contributed by atoms with Crippen LogP contribution >= 0.6 is 0 Å². The first-order valence-corrected chi connectivity index (χ1v) is 10.5. The molecular formula is C22H36N4O3. The van der Waals surface area contributed by atoms with Crippen LogP contribution < -0.4 is 15.8 Å².